The van der Waals surface area contributed by atoms with Gasteiger partial charge in [0.1, 0.15) is 5.82 Å². The van der Waals surface area contributed by atoms with E-state index in [0.29, 0.717) is 0 Å². The largest absolute Gasteiger partial charge is 0.396 e. The molecule has 2 N–H and O–H groups in total. The lowest BCUT2D eigenvalue weighted by Gasteiger charge is -2.21. The zero-order valence-electron chi connectivity index (χ0n) is 8.29. The van der Waals surface area contributed by atoms with E-state index in [1.807, 2.05) is 0 Å². The summed E-state index contributed by atoms with van der Waals surface area (Å²) in [6, 6.07) is 1.08. The number of nitrogens with two attached hydrogens (primary N) is 1. The lowest BCUT2D eigenvalue weighted by Crippen LogP contribution is -2.17. The molecule has 0 saturated carbocycles. The fraction of sp³-hybridized carbons (Fsp3) is 0.400. The molecule has 0 aromatic heterocycles. The van der Waals surface area contributed by atoms with Crippen molar-refractivity contribution in [1.82, 2.24) is 0 Å². The molecule has 0 aliphatic carbocycles. The van der Waals surface area contributed by atoms with E-state index in [-0.39, 0.29) is 16.3 Å². The first-order chi connectivity index (χ1) is 6.25. The Morgan fingerprint density at radius 3 is 2.14 bits per heavy atom. The average Bonchev–Trinajstić information content (AvgIpc) is 1.98. The van der Waals surface area contributed by atoms with Crippen LogP contribution in [0.15, 0.2) is 6.07 Å². The third-order valence-corrected chi connectivity index (χ3v) is 2.21. The fourth-order valence-corrected chi connectivity index (χ4v) is 1.49. The SMILES string of the molecule is CC(C)(C)c1c(F)c(N)cc(Cl)c1F. The molecule has 1 aromatic rings. The highest BCUT2D eigenvalue weighted by Gasteiger charge is 2.26. The molecule has 1 aromatic carbocycles. The predicted molar refractivity (Wildman–Crippen MR) is 54.5 cm³/mol. The second-order valence-corrected chi connectivity index (χ2v) is 4.61. The van der Waals surface area contributed by atoms with Crippen LogP contribution in [0.1, 0.15) is 26.3 Å². The minimum Gasteiger partial charge on any atom is -0.396 e. The highest BCUT2D eigenvalue weighted by Crippen LogP contribution is 2.34. The van der Waals surface area contributed by atoms with Gasteiger partial charge in [0.15, 0.2) is 5.82 Å². The molecule has 0 aliphatic rings. The maximum atomic E-state index is 13.5. The molecule has 1 nitrogen and oxygen atoms in total. The summed E-state index contributed by atoms with van der Waals surface area (Å²) in [6.07, 6.45) is 0. The van der Waals surface area contributed by atoms with Crippen LogP contribution in [-0.4, -0.2) is 0 Å². The van der Waals surface area contributed by atoms with Crippen molar-refractivity contribution in [2.24, 2.45) is 0 Å². The van der Waals surface area contributed by atoms with E-state index in [9.17, 15) is 8.78 Å². The standard InChI is InChI=1S/C10H12ClF2N/c1-10(2,3)7-8(12)5(11)4-6(14)9(7)13/h4H,14H2,1-3H3. The molecule has 0 saturated heterocycles. The normalized spacial score (nSPS) is 11.9. The molecule has 0 unspecified atom stereocenters. The molecule has 4 heteroatoms. The summed E-state index contributed by atoms with van der Waals surface area (Å²) < 4.78 is 27.0. The van der Waals surface area contributed by atoms with Crippen LogP contribution < -0.4 is 5.73 Å². The Hall–Kier alpha value is -0.830. The first-order valence-electron chi connectivity index (χ1n) is 4.18. The summed E-state index contributed by atoms with van der Waals surface area (Å²) in [7, 11) is 0. The molecule has 14 heavy (non-hydrogen) atoms. The zero-order valence-corrected chi connectivity index (χ0v) is 9.04. The van der Waals surface area contributed by atoms with Gasteiger partial charge >= 0.3 is 0 Å². The number of nitrogen functional groups attached to an aromatic ring is 1. The van der Waals surface area contributed by atoms with Gasteiger partial charge < -0.3 is 5.73 Å². The summed E-state index contributed by atoms with van der Waals surface area (Å²) in [4.78, 5) is 0. The maximum absolute atomic E-state index is 13.5. The van der Waals surface area contributed by atoms with Gasteiger partial charge in [0, 0.05) is 5.56 Å². The van der Waals surface area contributed by atoms with Crippen molar-refractivity contribution in [2.45, 2.75) is 26.2 Å². The van der Waals surface area contributed by atoms with Crippen LogP contribution in [0.3, 0.4) is 0 Å². The molecule has 0 bridgehead atoms. The van der Waals surface area contributed by atoms with Gasteiger partial charge in [0.25, 0.3) is 0 Å². The third kappa shape index (κ3) is 1.82. The molecular formula is C10H12ClF2N. The van der Waals surface area contributed by atoms with Crippen molar-refractivity contribution >= 4 is 17.3 Å². The van der Waals surface area contributed by atoms with Gasteiger partial charge in [0.05, 0.1) is 10.7 Å². The second kappa shape index (κ2) is 3.39. The summed E-state index contributed by atoms with van der Waals surface area (Å²) in [6.45, 7) is 5.10. The average molecular weight is 220 g/mol. The first-order valence-corrected chi connectivity index (χ1v) is 4.56. The van der Waals surface area contributed by atoms with Crippen molar-refractivity contribution in [3.8, 4) is 0 Å². The Labute approximate surface area is 86.9 Å². The summed E-state index contributed by atoms with van der Waals surface area (Å²) in [5, 5.41) is -0.145. The Morgan fingerprint density at radius 2 is 1.71 bits per heavy atom. The van der Waals surface area contributed by atoms with E-state index in [1.165, 1.54) is 0 Å². The van der Waals surface area contributed by atoms with Crippen LogP contribution in [0.5, 0.6) is 0 Å². The smallest absolute Gasteiger partial charge is 0.152 e. The minimum absolute atomic E-state index is 0.0671. The van der Waals surface area contributed by atoms with E-state index < -0.39 is 17.0 Å². The molecule has 1 rings (SSSR count). The van der Waals surface area contributed by atoms with E-state index in [1.54, 1.807) is 20.8 Å². The minimum atomic E-state index is -0.731. The molecular weight excluding hydrogens is 208 g/mol. The lowest BCUT2D eigenvalue weighted by molar-refractivity contribution is 0.478. The van der Waals surface area contributed by atoms with Crippen LogP contribution in [0.2, 0.25) is 5.02 Å². The van der Waals surface area contributed by atoms with Crippen LogP contribution in [0.4, 0.5) is 14.5 Å². The summed E-state index contributed by atoms with van der Waals surface area (Å²) >= 11 is 5.58. The Kier molecular flexibility index (Phi) is 2.72. The fourth-order valence-electron chi connectivity index (χ4n) is 1.28. The third-order valence-electron chi connectivity index (χ3n) is 1.93. The molecule has 0 radical (unpaired) electrons. The quantitative estimate of drug-likeness (QED) is 0.525. The van der Waals surface area contributed by atoms with Gasteiger partial charge in [-0.1, -0.05) is 32.4 Å². The van der Waals surface area contributed by atoms with Gasteiger partial charge in [-0.2, -0.15) is 0 Å². The van der Waals surface area contributed by atoms with Gasteiger partial charge in [-0.25, -0.2) is 8.78 Å². The molecule has 0 aliphatic heterocycles. The molecule has 78 valence electrons. The van der Waals surface area contributed by atoms with Crippen molar-refractivity contribution in [3.05, 3.63) is 28.3 Å². The number of benzene rings is 1. The number of hydrogen-bond acceptors (Lipinski definition) is 1. The summed E-state index contributed by atoms with van der Waals surface area (Å²) in [5.41, 5.74) is 4.51. The number of rotatable bonds is 0. The van der Waals surface area contributed by atoms with Crippen LogP contribution in [-0.2, 0) is 5.41 Å². The molecule has 0 amide bonds. The number of hydrogen-bond donors (Lipinski definition) is 1. The lowest BCUT2D eigenvalue weighted by atomic mass is 9.86. The molecule has 0 spiro atoms. The highest BCUT2D eigenvalue weighted by atomic mass is 35.5. The summed E-state index contributed by atoms with van der Waals surface area (Å²) in [5.74, 6) is -1.45. The Balaban J connectivity index is 3.56. The monoisotopic (exact) mass is 219 g/mol. The van der Waals surface area contributed by atoms with Crippen molar-refractivity contribution in [2.75, 3.05) is 5.73 Å². The molecule has 0 atom stereocenters. The Bertz CT molecular complexity index is 343. The van der Waals surface area contributed by atoms with Gasteiger partial charge in [-0.15, -0.1) is 0 Å². The predicted octanol–water partition coefficient (Wildman–Crippen LogP) is 3.50. The van der Waals surface area contributed by atoms with E-state index >= 15 is 0 Å². The van der Waals surface area contributed by atoms with Crippen molar-refractivity contribution in [3.63, 3.8) is 0 Å². The van der Waals surface area contributed by atoms with E-state index in [0.717, 1.165) is 6.07 Å². The second-order valence-electron chi connectivity index (χ2n) is 4.20. The van der Waals surface area contributed by atoms with Crippen LogP contribution >= 0.6 is 11.6 Å². The highest BCUT2D eigenvalue weighted by molar-refractivity contribution is 6.31. The number of anilines is 1. The van der Waals surface area contributed by atoms with Crippen molar-refractivity contribution < 1.29 is 8.78 Å². The zero-order chi connectivity index (χ0) is 11.1. The topological polar surface area (TPSA) is 26.0 Å². The van der Waals surface area contributed by atoms with Crippen molar-refractivity contribution in [1.29, 1.82) is 0 Å². The molecule has 0 fully saturated rings. The molecule has 0 heterocycles. The maximum Gasteiger partial charge on any atom is 0.152 e. The van der Waals surface area contributed by atoms with Gasteiger partial charge in [-0.3, -0.25) is 0 Å². The Morgan fingerprint density at radius 1 is 1.21 bits per heavy atom. The number of halogens is 3. The van der Waals surface area contributed by atoms with Gasteiger partial charge in [0.2, 0.25) is 0 Å². The van der Waals surface area contributed by atoms with Crippen LogP contribution in [0, 0.1) is 11.6 Å². The van der Waals surface area contributed by atoms with E-state index in [4.69, 9.17) is 17.3 Å². The van der Waals surface area contributed by atoms with E-state index in [2.05, 4.69) is 0 Å². The first kappa shape index (κ1) is 11.2. The van der Waals surface area contributed by atoms with Crippen LogP contribution in [0.25, 0.3) is 0 Å². The van der Waals surface area contributed by atoms with Gasteiger partial charge in [-0.05, 0) is 11.5 Å².